The van der Waals surface area contributed by atoms with E-state index in [1.165, 1.54) is 25.5 Å². The first-order valence-corrected chi connectivity index (χ1v) is 10.5. The smallest absolute Gasteiger partial charge is 0.276 e. The van der Waals surface area contributed by atoms with E-state index >= 15 is 0 Å². The lowest BCUT2D eigenvalue weighted by molar-refractivity contribution is 0.329. The molecule has 9 heteroatoms. The number of nitrogens with zero attached hydrogens (tertiary/aromatic N) is 1. The summed E-state index contributed by atoms with van der Waals surface area (Å²) in [4.78, 5) is 2.31. The van der Waals surface area contributed by atoms with Crippen LogP contribution in [-0.2, 0) is 10.0 Å². The molecule has 0 heterocycles. The van der Waals surface area contributed by atoms with Crippen molar-refractivity contribution >= 4 is 54.8 Å². The predicted octanol–water partition coefficient (Wildman–Crippen LogP) is 3.39. The highest BCUT2D eigenvalue weighted by Crippen LogP contribution is 2.36. The van der Waals surface area contributed by atoms with Crippen LogP contribution in [0.3, 0.4) is 0 Å². The van der Waals surface area contributed by atoms with Crippen LogP contribution >= 0.6 is 38.5 Å². The second-order valence-corrected chi connectivity index (χ2v) is 8.59. The van der Waals surface area contributed by atoms with Crippen LogP contribution in [-0.4, -0.2) is 28.3 Å². The van der Waals surface area contributed by atoms with Crippen molar-refractivity contribution in [1.29, 1.82) is 0 Å². The minimum atomic E-state index is -3.73. The quantitative estimate of drug-likeness (QED) is 0.249. The number of ether oxygens (including phenoxy) is 2. The lowest BCUT2D eigenvalue weighted by Crippen LogP contribution is -2.18. The Morgan fingerprint density at radius 1 is 1.35 bits per heavy atom. The van der Waals surface area contributed by atoms with E-state index in [4.69, 9.17) is 15.9 Å². The average molecular weight is 549 g/mol. The fourth-order valence-electron chi connectivity index (χ4n) is 1.90. The Bertz CT molecular complexity index is 954. The zero-order valence-corrected chi connectivity index (χ0v) is 18.1. The van der Waals surface area contributed by atoms with Gasteiger partial charge in [0.2, 0.25) is 0 Å². The van der Waals surface area contributed by atoms with Crippen LogP contribution in [0, 0.1) is 15.9 Å². The number of nitrogens with one attached hydrogen (secondary N) is 1. The van der Waals surface area contributed by atoms with Gasteiger partial charge < -0.3 is 9.47 Å². The van der Waals surface area contributed by atoms with Gasteiger partial charge in [0, 0.05) is 3.57 Å². The molecule has 0 aromatic heterocycles. The summed E-state index contributed by atoms with van der Waals surface area (Å²) in [7, 11) is -2.24. The van der Waals surface area contributed by atoms with E-state index < -0.39 is 10.0 Å². The first kappa shape index (κ1) is 20.5. The molecule has 1 N–H and O–H groups in total. The van der Waals surface area contributed by atoms with Gasteiger partial charge in [-0.15, -0.1) is 6.42 Å². The summed E-state index contributed by atoms with van der Waals surface area (Å²) in [5.41, 5.74) is 0.604. The lowest BCUT2D eigenvalue weighted by atomic mass is 10.2. The van der Waals surface area contributed by atoms with Crippen molar-refractivity contribution < 1.29 is 17.9 Å². The predicted molar refractivity (Wildman–Crippen MR) is 112 cm³/mol. The van der Waals surface area contributed by atoms with Crippen molar-refractivity contribution in [2.45, 2.75) is 4.90 Å². The standard InChI is InChI=1S/C17H14BrIN2O4S/c1-3-8-25-17-15(18)9-12(10-16(17)24-2)11-20-21-26(22,23)14-6-4-13(19)5-7-14/h1,4-7,9-11,21H,8H2,2H3/b20-11-. The number of hydrogen-bond donors (Lipinski definition) is 1. The average Bonchev–Trinajstić information content (AvgIpc) is 2.60. The molecular weight excluding hydrogens is 535 g/mol. The molecule has 0 aliphatic heterocycles. The van der Waals surface area contributed by atoms with Crippen LogP contribution in [0.1, 0.15) is 5.56 Å². The molecule has 6 nitrogen and oxygen atoms in total. The molecule has 2 rings (SSSR count). The van der Waals surface area contributed by atoms with Crippen molar-refractivity contribution in [2.24, 2.45) is 5.10 Å². The van der Waals surface area contributed by atoms with Crippen LogP contribution < -0.4 is 14.3 Å². The minimum Gasteiger partial charge on any atom is -0.493 e. The Morgan fingerprint density at radius 3 is 2.65 bits per heavy atom. The van der Waals surface area contributed by atoms with Crippen LogP contribution in [0.15, 0.2) is 50.9 Å². The number of terminal acetylenes is 1. The Labute approximate surface area is 174 Å². The molecule has 136 valence electrons. The Kier molecular flexibility index (Phi) is 7.31. The van der Waals surface area contributed by atoms with E-state index in [-0.39, 0.29) is 11.5 Å². The second kappa shape index (κ2) is 9.25. The van der Waals surface area contributed by atoms with E-state index in [2.05, 4.69) is 54.4 Å². The SMILES string of the molecule is C#CCOc1c(Br)cc(/C=N\NS(=O)(=O)c2ccc(I)cc2)cc1OC. The van der Waals surface area contributed by atoms with Crippen LogP contribution in [0.2, 0.25) is 0 Å². The Hall–Kier alpha value is -1.77. The summed E-state index contributed by atoms with van der Waals surface area (Å²) in [6, 6.07) is 9.79. The molecule has 2 aromatic rings. The number of hydrogen-bond acceptors (Lipinski definition) is 5. The van der Waals surface area contributed by atoms with E-state index in [0.29, 0.717) is 21.5 Å². The summed E-state index contributed by atoms with van der Waals surface area (Å²) in [5.74, 6) is 3.28. The van der Waals surface area contributed by atoms with Crippen LogP contribution in [0.25, 0.3) is 0 Å². The van der Waals surface area contributed by atoms with Gasteiger partial charge in [0.15, 0.2) is 11.5 Å². The monoisotopic (exact) mass is 548 g/mol. The topological polar surface area (TPSA) is 77.0 Å². The van der Waals surface area contributed by atoms with Crippen LogP contribution in [0.4, 0.5) is 0 Å². The van der Waals surface area contributed by atoms with E-state index in [9.17, 15) is 8.42 Å². The largest absolute Gasteiger partial charge is 0.493 e. The highest BCUT2D eigenvalue weighted by molar-refractivity contribution is 14.1. The van der Waals surface area contributed by atoms with E-state index in [0.717, 1.165) is 3.57 Å². The minimum absolute atomic E-state index is 0.0954. The van der Waals surface area contributed by atoms with Gasteiger partial charge in [0.25, 0.3) is 10.0 Å². The number of sulfonamides is 1. The van der Waals surface area contributed by atoms with Crippen molar-refractivity contribution in [2.75, 3.05) is 13.7 Å². The summed E-state index contributed by atoms with van der Waals surface area (Å²) in [6.07, 6.45) is 6.56. The van der Waals surface area contributed by atoms with Crippen LogP contribution in [0.5, 0.6) is 11.5 Å². The third kappa shape index (κ3) is 5.36. The summed E-state index contributed by atoms with van der Waals surface area (Å²) < 4.78 is 36.6. The molecule has 0 aliphatic rings. The fourth-order valence-corrected chi connectivity index (χ4v) is 3.63. The molecular formula is C17H14BrIN2O4S. The highest BCUT2D eigenvalue weighted by Gasteiger charge is 2.13. The normalized spacial score (nSPS) is 11.2. The van der Waals surface area contributed by atoms with E-state index in [1.54, 1.807) is 24.3 Å². The molecule has 0 bridgehead atoms. The third-order valence-corrected chi connectivity index (χ3v) is 5.61. The second-order valence-electron chi connectivity index (χ2n) is 4.83. The van der Waals surface area contributed by atoms with Gasteiger partial charge in [-0.3, -0.25) is 0 Å². The maximum Gasteiger partial charge on any atom is 0.276 e. The summed E-state index contributed by atoms with van der Waals surface area (Å²) in [5, 5.41) is 3.81. The summed E-state index contributed by atoms with van der Waals surface area (Å²) >= 11 is 5.47. The Balaban J connectivity index is 2.18. The molecule has 0 saturated carbocycles. The number of benzene rings is 2. The van der Waals surface area contributed by atoms with E-state index in [1.807, 2.05) is 0 Å². The first-order valence-electron chi connectivity index (χ1n) is 7.11. The van der Waals surface area contributed by atoms with Crippen molar-refractivity contribution in [3.05, 3.63) is 50.0 Å². The first-order chi connectivity index (χ1) is 12.4. The van der Waals surface area contributed by atoms with Gasteiger partial charge in [0.05, 0.1) is 22.7 Å². The third-order valence-electron chi connectivity index (χ3n) is 3.06. The molecule has 0 spiro atoms. The van der Waals surface area contributed by atoms with Gasteiger partial charge in [-0.1, -0.05) is 5.92 Å². The molecule has 2 aromatic carbocycles. The van der Waals surface area contributed by atoms with Gasteiger partial charge in [-0.2, -0.15) is 13.5 Å². The van der Waals surface area contributed by atoms with Gasteiger partial charge >= 0.3 is 0 Å². The lowest BCUT2D eigenvalue weighted by Gasteiger charge is -2.11. The van der Waals surface area contributed by atoms with Crippen molar-refractivity contribution in [1.82, 2.24) is 4.83 Å². The van der Waals surface area contributed by atoms with Crippen molar-refractivity contribution in [3.63, 3.8) is 0 Å². The van der Waals surface area contributed by atoms with Crippen molar-refractivity contribution in [3.8, 4) is 23.8 Å². The Morgan fingerprint density at radius 2 is 2.04 bits per heavy atom. The number of methoxy groups -OCH3 is 1. The maximum atomic E-state index is 12.2. The van der Waals surface area contributed by atoms with Gasteiger partial charge in [-0.05, 0) is 80.5 Å². The highest BCUT2D eigenvalue weighted by atomic mass is 127. The molecule has 0 atom stereocenters. The zero-order chi connectivity index (χ0) is 19.2. The molecule has 0 amide bonds. The number of rotatable bonds is 7. The molecule has 0 aliphatic carbocycles. The molecule has 26 heavy (non-hydrogen) atoms. The molecule has 0 unspecified atom stereocenters. The van der Waals surface area contributed by atoms with Gasteiger partial charge in [0.1, 0.15) is 6.61 Å². The fraction of sp³-hybridized carbons (Fsp3) is 0.118. The summed E-state index contributed by atoms with van der Waals surface area (Å²) in [6.45, 7) is 0.0954. The zero-order valence-electron chi connectivity index (χ0n) is 13.6. The number of halogens is 2. The van der Waals surface area contributed by atoms with Gasteiger partial charge in [-0.25, -0.2) is 4.83 Å². The number of hydrazone groups is 1. The molecule has 0 radical (unpaired) electrons. The maximum absolute atomic E-state index is 12.2. The molecule has 0 saturated heterocycles. The molecule has 0 fully saturated rings.